The summed E-state index contributed by atoms with van der Waals surface area (Å²) in [5.74, 6) is 1.92. The van der Waals surface area contributed by atoms with Crippen molar-refractivity contribution in [2.24, 2.45) is 0 Å². The lowest BCUT2D eigenvalue weighted by molar-refractivity contribution is 0.0509. The summed E-state index contributed by atoms with van der Waals surface area (Å²) in [7, 11) is 1.77. The van der Waals surface area contributed by atoms with E-state index in [-0.39, 0.29) is 18.1 Å². The highest BCUT2D eigenvalue weighted by Crippen LogP contribution is 2.31. The van der Waals surface area contributed by atoms with Gasteiger partial charge in [0, 0.05) is 13.7 Å². The standard InChI is InChI=1S/C22H25NO5/c1-23(13-17-15-27-20-10-4-5-11-21(20)28-17)22(24)18-8-2-3-9-19(18)26-14-16-7-6-12-25-16/h2-5,8-11,16-17H,6-7,12-15H2,1H3/t16-,17+/m1/s1. The Morgan fingerprint density at radius 2 is 1.89 bits per heavy atom. The molecule has 6 nitrogen and oxygen atoms in total. The van der Waals surface area contributed by atoms with Crippen LogP contribution in [-0.2, 0) is 4.74 Å². The van der Waals surface area contributed by atoms with Gasteiger partial charge in [-0.1, -0.05) is 24.3 Å². The summed E-state index contributed by atoms with van der Waals surface area (Å²) in [6.45, 7) is 2.08. The van der Waals surface area contributed by atoms with Crippen LogP contribution in [0, 0.1) is 0 Å². The van der Waals surface area contributed by atoms with Crippen LogP contribution in [0.2, 0.25) is 0 Å². The third kappa shape index (κ3) is 4.22. The van der Waals surface area contributed by atoms with Gasteiger partial charge in [0.05, 0.1) is 18.2 Å². The summed E-state index contributed by atoms with van der Waals surface area (Å²) in [4.78, 5) is 14.6. The molecule has 0 aromatic heterocycles. The molecule has 0 bridgehead atoms. The molecular formula is C22H25NO5. The van der Waals surface area contributed by atoms with Gasteiger partial charge < -0.3 is 23.8 Å². The molecular weight excluding hydrogens is 358 g/mol. The van der Waals surface area contributed by atoms with E-state index in [2.05, 4.69) is 0 Å². The second kappa shape index (κ2) is 8.52. The van der Waals surface area contributed by atoms with E-state index in [0.29, 0.717) is 36.8 Å². The average Bonchev–Trinajstić information content (AvgIpc) is 3.25. The Kier molecular flexibility index (Phi) is 5.67. The van der Waals surface area contributed by atoms with Crippen molar-refractivity contribution < 1.29 is 23.7 Å². The highest BCUT2D eigenvalue weighted by Gasteiger charge is 2.25. The van der Waals surface area contributed by atoms with Gasteiger partial charge >= 0.3 is 0 Å². The molecule has 2 aliphatic rings. The summed E-state index contributed by atoms with van der Waals surface area (Å²) in [5, 5.41) is 0. The number of ether oxygens (including phenoxy) is 4. The molecule has 6 heteroatoms. The molecule has 0 spiro atoms. The number of nitrogens with zero attached hydrogens (tertiary/aromatic N) is 1. The fourth-order valence-electron chi connectivity index (χ4n) is 3.47. The molecule has 2 aliphatic heterocycles. The molecule has 1 amide bonds. The van der Waals surface area contributed by atoms with E-state index in [0.717, 1.165) is 25.2 Å². The van der Waals surface area contributed by atoms with E-state index < -0.39 is 0 Å². The van der Waals surface area contributed by atoms with Crippen LogP contribution in [0.3, 0.4) is 0 Å². The third-order valence-corrected chi connectivity index (χ3v) is 4.96. The van der Waals surface area contributed by atoms with Crippen LogP contribution in [0.1, 0.15) is 23.2 Å². The molecule has 0 radical (unpaired) electrons. The second-order valence-corrected chi connectivity index (χ2v) is 7.13. The van der Waals surface area contributed by atoms with Gasteiger partial charge in [-0.05, 0) is 37.1 Å². The van der Waals surface area contributed by atoms with Crippen molar-refractivity contribution in [3.05, 3.63) is 54.1 Å². The van der Waals surface area contributed by atoms with Gasteiger partial charge in [0.25, 0.3) is 5.91 Å². The lowest BCUT2D eigenvalue weighted by Gasteiger charge is -2.29. The minimum atomic E-state index is -0.219. The maximum absolute atomic E-state index is 13.0. The number of fused-ring (bicyclic) bond motifs is 1. The molecule has 1 fully saturated rings. The number of hydrogen-bond acceptors (Lipinski definition) is 5. The smallest absolute Gasteiger partial charge is 0.257 e. The predicted octanol–water partition coefficient (Wildman–Crippen LogP) is 3.16. The van der Waals surface area contributed by atoms with Crippen LogP contribution in [0.25, 0.3) is 0 Å². The van der Waals surface area contributed by atoms with Crippen LogP contribution >= 0.6 is 0 Å². The minimum Gasteiger partial charge on any atom is -0.490 e. The molecule has 2 atom stereocenters. The van der Waals surface area contributed by atoms with Crippen LogP contribution in [0.15, 0.2) is 48.5 Å². The highest BCUT2D eigenvalue weighted by atomic mass is 16.6. The summed E-state index contributed by atoms with van der Waals surface area (Å²) in [5.41, 5.74) is 0.542. The molecule has 1 saturated heterocycles. The molecule has 0 saturated carbocycles. The number of hydrogen-bond donors (Lipinski definition) is 0. The lowest BCUT2D eigenvalue weighted by Crippen LogP contribution is -2.41. The first kappa shape index (κ1) is 18.6. The van der Waals surface area contributed by atoms with Crippen LogP contribution in [-0.4, -0.2) is 56.4 Å². The number of carbonyl (C=O) groups is 1. The zero-order valence-electron chi connectivity index (χ0n) is 16.0. The Labute approximate surface area is 165 Å². The van der Waals surface area contributed by atoms with E-state index in [1.165, 1.54) is 0 Å². The normalized spacial score (nSPS) is 20.6. The first-order chi connectivity index (χ1) is 13.7. The number of rotatable bonds is 6. The zero-order valence-corrected chi connectivity index (χ0v) is 16.0. The van der Waals surface area contributed by atoms with Crippen LogP contribution in [0.5, 0.6) is 17.2 Å². The SMILES string of the molecule is CN(C[C@H]1COc2ccccc2O1)C(=O)c1ccccc1OC[C@H]1CCCO1. The maximum atomic E-state index is 13.0. The quantitative estimate of drug-likeness (QED) is 0.767. The highest BCUT2D eigenvalue weighted by molar-refractivity contribution is 5.96. The van der Waals surface area contributed by atoms with Gasteiger partial charge in [-0.15, -0.1) is 0 Å². The average molecular weight is 383 g/mol. The van der Waals surface area contributed by atoms with Gasteiger partial charge in [0.15, 0.2) is 17.6 Å². The fraction of sp³-hybridized carbons (Fsp3) is 0.409. The first-order valence-corrected chi connectivity index (χ1v) is 9.68. The zero-order chi connectivity index (χ0) is 19.3. The van der Waals surface area contributed by atoms with Crippen molar-refractivity contribution in [1.29, 1.82) is 0 Å². The van der Waals surface area contributed by atoms with Gasteiger partial charge in [0.2, 0.25) is 0 Å². The molecule has 4 rings (SSSR count). The number of carbonyl (C=O) groups excluding carboxylic acids is 1. The lowest BCUT2D eigenvalue weighted by atomic mass is 10.1. The summed E-state index contributed by atoms with van der Waals surface area (Å²) < 4.78 is 23.2. The monoisotopic (exact) mass is 383 g/mol. The summed E-state index contributed by atoms with van der Waals surface area (Å²) in [6.07, 6.45) is 1.94. The predicted molar refractivity (Wildman–Crippen MR) is 104 cm³/mol. The van der Waals surface area contributed by atoms with Gasteiger partial charge in [-0.2, -0.15) is 0 Å². The van der Waals surface area contributed by atoms with Crippen molar-refractivity contribution in [2.75, 3.05) is 33.4 Å². The molecule has 2 heterocycles. The fourth-order valence-corrected chi connectivity index (χ4v) is 3.47. The van der Waals surface area contributed by atoms with E-state index in [1.54, 1.807) is 18.0 Å². The Bertz CT molecular complexity index is 818. The Morgan fingerprint density at radius 1 is 1.11 bits per heavy atom. The molecule has 2 aromatic rings. The summed E-state index contributed by atoms with van der Waals surface area (Å²) >= 11 is 0. The van der Waals surface area contributed by atoms with E-state index >= 15 is 0 Å². The number of para-hydroxylation sites is 3. The number of benzene rings is 2. The summed E-state index contributed by atoms with van der Waals surface area (Å²) in [6, 6.07) is 14.9. The Morgan fingerprint density at radius 3 is 2.71 bits per heavy atom. The molecule has 0 N–H and O–H groups in total. The first-order valence-electron chi connectivity index (χ1n) is 9.68. The largest absolute Gasteiger partial charge is 0.490 e. The second-order valence-electron chi connectivity index (χ2n) is 7.13. The molecule has 148 valence electrons. The van der Waals surface area contributed by atoms with E-state index in [4.69, 9.17) is 18.9 Å². The van der Waals surface area contributed by atoms with Crippen molar-refractivity contribution >= 4 is 5.91 Å². The van der Waals surface area contributed by atoms with Gasteiger partial charge in [-0.25, -0.2) is 0 Å². The van der Waals surface area contributed by atoms with Crippen molar-refractivity contribution in [3.63, 3.8) is 0 Å². The van der Waals surface area contributed by atoms with E-state index in [9.17, 15) is 4.79 Å². The molecule has 28 heavy (non-hydrogen) atoms. The van der Waals surface area contributed by atoms with Crippen molar-refractivity contribution in [2.45, 2.75) is 25.0 Å². The molecule has 0 unspecified atom stereocenters. The number of amides is 1. The Hall–Kier alpha value is -2.73. The number of likely N-dealkylation sites (N-methyl/N-ethyl adjacent to an activating group) is 1. The van der Waals surface area contributed by atoms with Gasteiger partial charge in [-0.3, -0.25) is 4.79 Å². The maximum Gasteiger partial charge on any atom is 0.257 e. The molecule has 2 aromatic carbocycles. The van der Waals surface area contributed by atoms with Crippen molar-refractivity contribution in [1.82, 2.24) is 4.90 Å². The third-order valence-electron chi connectivity index (χ3n) is 4.96. The topological polar surface area (TPSA) is 57.2 Å². The minimum absolute atomic E-state index is 0.105. The van der Waals surface area contributed by atoms with Gasteiger partial charge in [0.1, 0.15) is 19.0 Å². The van der Waals surface area contributed by atoms with Crippen LogP contribution < -0.4 is 14.2 Å². The van der Waals surface area contributed by atoms with Crippen molar-refractivity contribution in [3.8, 4) is 17.2 Å². The van der Waals surface area contributed by atoms with E-state index in [1.807, 2.05) is 42.5 Å². The van der Waals surface area contributed by atoms with Crippen LogP contribution in [0.4, 0.5) is 0 Å². The Balaban J connectivity index is 1.38. The molecule has 0 aliphatic carbocycles.